The minimum atomic E-state index is -0.619. The van der Waals surface area contributed by atoms with Crippen LogP contribution in [0.2, 0.25) is 0 Å². The number of anilines is 1. The van der Waals surface area contributed by atoms with Gasteiger partial charge in [0.1, 0.15) is 6.10 Å². The number of carbonyl (C=O) groups excluding carboxylic acids is 3. The van der Waals surface area contributed by atoms with Gasteiger partial charge in [-0.15, -0.1) is 0 Å². The molecule has 6 nitrogen and oxygen atoms in total. The van der Waals surface area contributed by atoms with Crippen molar-refractivity contribution in [2.75, 3.05) is 11.9 Å². The summed E-state index contributed by atoms with van der Waals surface area (Å²) in [6.07, 6.45) is 2.21. The van der Waals surface area contributed by atoms with E-state index in [9.17, 15) is 14.4 Å². The molecule has 0 radical (unpaired) electrons. The van der Waals surface area contributed by atoms with Crippen LogP contribution < -0.4 is 5.32 Å². The van der Waals surface area contributed by atoms with Crippen LogP contribution in [-0.2, 0) is 20.7 Å². The quantitative estimate of drug-likeness (QED) is 0.857. The average molecular weight is 308 g/mol. The summed E-state index contributed by atoms with van der Waals surface area (Å²) in [5.74, 6) is -1.12. The molecule has 1 amide bonds. The molecule has 1 aliphatic heterocycles. The van der Waals surface area contributed by atoms with Crippen LogP contribution in [0.25, 0.3) is 0 Å². The summed E-state index contributed by atoms with van der Waals surface area (Å²) >= 11 is 1.15. The number of nitrogens with zero attached hydrogens (tertiary/aromatic N) is 1. The fourth-order valence-electron chi connectivity index (χ4n) is 2.79. The SMILES string of the molecule is CC(=O)Nc1nc2c(s1)C(=O)[C@@H](C(=O)C1CCCO1)CC2. The fourth-order valence-corrected chi connectivity index (χ4v) is 3.84. The van der Waals surface area contributed by atoms with Crippen molar-refractivity contribution < 1.29 is 19.1 Å². The molecule has 1 saturated heterocycles. The number of ketones is 2. The molecule has 2 aliphatic rings. The van der Waals surface area contributed by atoms with Gasteiger partial charge in [-0.05, 0) is 25.7 Å². The van der Waals surface area contributed by atoms with E-state index < -0.39 is 12.0 Å². The summed E-state index contributed by atoms with van der Waals surface area (Å²) < 4.78 is 5.39. The molecule has 2 heterocycles. The van der Waals surface area contributed by atoms with Crippen LogP contribution in [-0.4, -0.2) is 35.2 Å². The second-order valence-electron chi connectivity index (χ2n) is 5.34. The second-order valence-corrected chi connectivity index (χ2v) is 6.33. The Morgan fingerprint density at radius 1 is 1.38 bits per heavy atom. The number of thiazole rings is 1. The Hall–Kier alpha value is -1.60. The van der Waals surface area contributed by atoms with Crippen molar-refractivity contribution in [3.8, 4) is 0 Å². The van der Waals surface area contributed by atoms with Gasteiger partial charge in [-0.1, -0.05) is 11.3 Å². The third kappa shape index (κ3) is 2.75. The number of fused-ring (bicyclic) bond motifs is 1. The predicted molar refractivity (Wildman–Crippen MR) is 76.5 cm³/mol. The normalized spacial score (nSPS) is 24.7. The number of hydrogen-bond donors (Lipinski definition) is 1. The zero-order valence-electron chi connectivity index (χ0n) is 11.7. The first-order chi connectivity index (χ1) is 10.1. The van der Waals surface area contributed by atoms with Gasteiger partial charge in [0.25, 0.3) is 0 Å². The summed E-state index contributed by atoms with van der Waals surface area (Å²) in [6, 6.07) is 0. The maximum Gasteiger partial charge on any atom is 0.223 e. The van der Waals surface area contributed by atoms with E-state index in [1.165, 1.54) is 6.92 Å². The average Bonchev–Trinajstić information content (AvgIpc) is 3.06. The Balaban J connectivity index is 1.79. The van der Waals surface area contributed by atoms with E-state index in [-0.39, 0.29) is 17.5 Å². The number of ether oxygens (including phenoxy) is 1. The van der Waals surface area contributed by atoms with E-state index in [2.05, 4.69) is 10.3 Å². The first-order valence-electron chi connectivity index (χ1n) is 7.03. The number of amides is 1. The van der Waals surface area contributed by atoms with E-state index in [0.29, 0.717) is 41.6 Å². The highest BCUT2D eigenvalue weighted by Gasteiger charge is 2.39. The maximum absolute atomic E-state index is 12.5. The summed E-state index contributed by atoms with van der Waals surface area (Å²) in [5.41, 5.74) is 0.685. The summed E-state index contributed by atoms with van der Waals surface area (Å²) in [6.45, 7) is 1.99. The Labute approximate surface area is 125 Å². The lowest BCUT2D eigenvalue weighted by Gasteiger charge is -2.21. The molecule has 1 aromatic heterocycles. The van der Waals surface area contributed by atoms with Gasteiger partial charge in [0.15, 0.2) is 16.7 Å². The molecule has 21 heavy (non-hydrogen) atoms. The molecule has 112 valence electrons. The lowest BCUT2D eigenvalue weighted by molar-refractivity contribution is -0.130. The lowest BCUT2D eigenvalue weighted by Crippen LogP contribution is -2.35. The van der Waals surface area contributed by atoms with Crippen molar-refractivity contribution in [2.45, 2.75) is 38.7 Å². The summed E-state index contributed by atoms with van der Waals surface area (Å²) in [5, 5.41) is 3.01. The summed E-state index contributed by atoms with van der Waals surface area (Å²) in [7, 11) is 0. The van der Waals surface area contributed by atoms with Gasteiger partial charge in [0, 0.05) is 13.5 Å². The van der Waals surface area contributed by atoms with Crippen molar-refractivity contribution >= 4 is 33.9 Å². The van der Waals surface area contributed by atoms with Crippen molar-refractivity contribution in [2.24, 2.45) is 5.92 Å². The van der Waals surface area contributed by atoms with Gasteiger partial charge in [0.2, 0.25) is 5.91 Å². The van der Waals surface area contributed by atoms with Crippen LogP contribution >= 0.6 is 11.3 Å². The van der Waals surface area contributed by atoms with E-state index in [4.69, 9.17) is 4.74 Å². The van der Waals surface area contributed by atoms with E-state index in [0.717, 1.165) is 17.8 Å². The highest BCUT2D eigenvalue weighted by Crippen LogP contribution is 2.34. The van der Waals surface area contributed by atoms with Crippen LogP contribution in [0, 0.1) is 5.92 Å². The predicted octanol–water partition coefficient (Wildman–Crippen LogP) is 1.59. The Morgan fingerprint density at radius 3 is 2.86 bits per heavy atom. The van der Waals surface area contributed by atoms with Crippen LogP contribution in [0.5, 0.6) is 0 Å². The number of aromatic nitrogens is 1. The number of rotatable bonds is 3. The Morgan fingerprint density at radius 2 is 2.19 bits per heavy atom. The summed E-state index contributed by atoms with van der Waals surface area (Å²) in [4.78, 5) is 40.7. The third-order valence-electron chi connectivity index (χ3n) is 3.78. The second kappa shape index (κ2) is 5.65. The topological polar surface area (TPSA) is 85.4 Å². The molecule has 7 heteroatoms. The van der Waals surface area contributed by atoms with Crippen LogP contribution in [0.3, 0.4) is 0 Å². The molecule has 1 N–H and O–H groups in total. The van der Waals surface area contributed by atoms with E-state index in [1.54, 1.807) is 0 Å². The van der Waals surface area contributed by atoms with Gasteiger partial charge in [-0.2, -0.15) is 0 Å². The molecule has 2 atom stereocenters. The number of nitrogens with one attached hydrogen (secondary N) is 1. The molecule has 0 spiro atoms. The van der Waals surface area contributed by atoms with Gasteiger partial charge < -0.3 is 10.1 Å². The number of carbonyl (C=O) groups is 3. The van der Waals surface area contributed by atoms with Crippen molar-refractivity contribution in [1.82, 2.24) is 4.98 Å². The fraction of sp³-hybridized carbons (Fsp3) is 0.571. The molecule has 1 aliphatic carbocycles. The first kappa shape index (κ1) is 14.3. The van der Waals surface area contributed by atoms with Crippen molar-refractivity contribution in [1.29, 1.82) is 0 Å². The smallest absolute Gasteiger partial charge is 0.223 e. The van der Waals surface area contributed by atoms with Crippen LogP contribution in [0.4, 0.5) is 5.13 Å². The number of aryl methyl sites for hydroxylation is 1. The van der Waals surface area contributed by atoms with Crippen molar-refractivity contribution in [3.63, 3.8) is 0 Å². The third-order valence-corrected chi connectivity index (χ3v) is 4.81. The van der Waals surface area contributed by atoms with Gasteiger partial charge >= 0.3 is 0 Å². The van der Waals surface area contributed by atoms with Gasteiger partial charge in [0.05, 0.1) is 16.5 Å². The Kier molecular flexibility index (Phi) is 3.86. The molecule has 1 fully saturated rings. The Bertz CT molecular complexity index is 604. The van der Waals surface area contributed by atoms with Gasteiger partial charge in [-0.3, -0.25) is 14.4 Å². The first-order valence-corrected chi connectivity index (χ1v) is 7.84. The van der Waals surface area contributed by atoms with Crippen molar-refractivity contribution in [3.05, 3.63) is 10.6 Å². The highest BCUT2D eigenvalue weighted by atomic mass is 32.1. The molecule has 0 bridgehead atoms. The molecule has 1 aromatic rings. The lowest BCUT2D eigenvalue weighted by atomic mass is 9.84. The molecule has 3 rings (SSSR count). The molecular formula is C14H16N2O4S. The highest BCUT2D eigenvalue weighted by molar-refractivity contribution is 7.17. The molecule has 0 saturated carbocycles. The van der Waals surface area contributed by atoms with Gasteiger partial charge in [-0.25, -0.2) is 4.98 Å². The zero-order chi connectivity index (χ0) is 15.0. The zero-order valence-corrected chi connectivity index (χ0v) is 12.5. The number of Topliss-reactive ketones (excluding diaryl/α,β-unsaturated/α-hetero) is 2. The number of hydrogen-bond acceptors (Lipinski definition) is 6. The largest absolute Gasteiger partial charge is 0.370 e. The van der Waals surface area contributed by atoms with E-state index in [1.807, 2.05) is 0 Å². The maximum atomic E-state index is 12.5. The monoisotopic (exact) mass is 308 g/mol. The molecule has 0 aromatic carbocycles. The minimum absolute atomic E-state index is 0.0994. The van der Waals surface area contributed by atoms with Crippen LogP contribution in [0.1, 0.15) is 41.6 Å². The molecule has 1 unspecified atom stereocenters. The van der Waals surface area contributed by atoms with Crippen LogP contribution in [0.15, 0.2) is 0 Å². The standard InChI is InChI=1S/C14H16N2O4S/c1-7(17)15-14-16-9-5-4-8(12(19)13(9)21-14)11(18)10-3-2-6-20-10/h8,10H,2-6H2,1H3,(H,15,16,17)/t8-,10?/m1/s1. The minimum Gasteiger partial charge on any atom is -0.370 e. The molecular weight excluding hydrogens is 292 g/mol. The van der Waals surface area contributed by atoms with E-state index >= 15 is 0 Å².